The van der Waals surface area contributed by atoms with Gasteiger partial charge < -0.3 is 10.0 Å². The van der Waals surface area contributed by atoms with E-state index in [1.807, 2.05) is 37.3 Å². The van der Waals surface area contributed by atoms with Crippen molar-refractivity contribution < 1.29 is 5.11 Å². The van der Waals surface area contributed by atoms with Crippen molar-refractivity contribution in [3.8, 4) is 5.75 Å². The van der Waals surface area contributed by atoms with Crippen LogP contribution < -0.4 is 4.90 Å². The molecule has 1 N–H and O–H groups in total. The lowest BCUT2D eigenvalue weighted by Crippen LogP contribution is -2.21. The van der Waals surface area contributed by atoms with Crippen LogP contribution in [0.5, 0.6) is 5.75 Å². The summed E-state index contributed by atoms with van der Waals surface area (Å²) in [5.41, 5.74) is 3.75. The number of phenolic OH excluding ortho intramolecular Hbond substituents is 1. The highest BCUT2D eigenvalue weighted by atomic mass is 79.9. The fraction of sp³-hybridized carbons (Fsp3) is 0.278. The Hall–Kier alpha value is -1.81. The standard InChI is InChI=1S/C18H21BrN2O/c1-4-21(5-2)16-8-6-14(18(22)11-16)12-20-15-7-9-17(19)13(3)10-15/h6-12,22H,4-5H2,1-3H3. The van der Waals surface area contributed by atoms with Gasteiger partial charge in [-0.15, -0.1) is 0 Å². The minimum Gasteiger partial charge on any atom is -0.507 e. The van der Waals surface area contributed by atoms with Crippen LogP contribution in [0, 0.1) is 6.92 Å². The number of benzene rings is 2. The first kappa shape index (κ1) is 16.6. The van der Waals surface area contributed by atoms with Crippen molar-refractivity contribution >= 4 is 33.5 Å². The summed E-state index contributed by atoms with van der Waals surface area (Å²) in [5.74, 6) is 0.252. The van der Waals surface area contributed by atoms with Gasteiger partial charge in [0.2, 0.25) is 0 Å². The number of hydrogen-bond acceptors (Lipinski definition) is 3. The Morgan fingerprint density at radius 3 is 2.45 bits per heavy atom. The normalized spacial score (nSPS) is 11.1. The van der Waals surface area contributed by atoms with Crippen molar-refractivity contribution in [3.05, 3.63) is 52.0 Å². The molecule has 0 aliphatic heterocycles. The molecule has 3 nitrogen and oxygen atoms in total. The Labute approximate surface area is 140 Å². The summed E-state index contributed by atoms with van der Waals surface area (Å²) in [4.78, 5) is 6.63. The first-order valence-corrected chi connectivity index (χ1v) is 8.22. The molecular weight excluding hydrogens is 340 g/mol. The molecule has 22 heavy (non-hydrogen) atoms. The van der Waals surface area contributed by atoms with Crippen LogP contribution in [0.25, 0.3) is 0 Å². The van der Waals surface area contributed by atoms with Crippen LogP contribution in [0.2, 0.25) is 0 Å². The van der Waals surface area contributed by atoms with Gasteiger partial charge in [0.15, 0.2) is 0 Å². The van der Waals surface area contributed by atoms with Gasteiger partial charge in [0.1, 0.15) is 5.75 Å². The van der Waals surface area contributed by atoms with Crippen molar-refractivity contribution in [1.82, 2.24) is 0 Å². The van der Waals surface area contributed by atoms with E-state index in [9.17, 15) is 5.11 Å². The maximum Gasteiger partial charge on any atom is 0.126 e. The first-order chi connectivity index (χ1) is 10.5. The molecule has 0 atom stereocenters. The molecule has 0 heterocycles. The molecule has 0 saturated carbocycles. The molecule has 0 aliphatic rings. The van der Waals surface area contributed by atoms with Crippen molar-refractivity contribution in [3.63, 3.8) is 0 Å². The van der Waals surface area contributed by atoms with Gasteiger partial charge in [0.05, 0.1) is 5.69 Å². The molecule has 0 bridgehead atoms. The molecule has 0 spiro atoms. The fourth-order valence-corrected chi connectivity index (χ4v) is 2.53. The summed E-state index contributed by atoms with van der Waals surface area (Å²) in [6.07, 6.45) is 1.70. The van der Waals surface area contributed by atoms with Gasteiger partial charge in [-0.2, -0.15) is 0 Å². The number of nitrogens with zero attached hydrogens (tertiary/aromatic N) is 2. The number of anilines is 1. The lowest BCUT2D eigenvalue weighted by atomic mass is 10.1. The summed E-state index contributed by atoms with van der Waals surface area (Å²) >= 11 is 3.48. The van der Waals surface area contributed by atoms with E-state index in [2.05, 4.69) is 39.7 Å². The summed E-state index contributed by atoms with van der Waals surface area (Å²) in [7, 11) is 0. The molecule has 2 aromatic rings. The second kappa shape index (κ2) is 7.45. The SMILES string of the molecule is CCN(CC)c1ccc(C=Nc2ccc(Br)c(C)c2)c(O)c1. The van der Waals surface area contributed by atoms with Gasteiger partial charge in [-0.1, -0.05) is 15.9 Å². The highest BCUT2D eigenvalue weighted by Crippen LogP contribution is 2.25. The third kappa shape index (κ3) is 3.89. The maximum atomic E-state index is 10.2. The van der Waals surface area contributed by atoms with Crippen molar-refractivity contribution in [1.29, 1.82) is 0 Å². The van der Waals surface area contributed by atoms with E-state index in [4.69, 9.17) is 0 Å². The summed E-state index contributed by atoms with van der Waals surface area (Å²) < 4.78 is 1.07. The molecule has 4 heteroatoms. The predicted molar refractivity (Wildman–Crippen MR) is 97.8 cm³/mol. The lowest BCUT2D eigenvalue weighted by molar-refractivity contribution is 0.474. The van der Waals surface area contributed by atoms with Crippen LogP contribution in [-0.4, -0.2) is 24.4 Å². The average Bonchev–Trinajstić information content (AvgIpc) is 2.51. The van der Waals surface area contributed by atoms with Crippen LogP contribution in [0.15, 0.2) is 45.9 Å². The number of aromatic hydroxyl groups is 1. The Bertz CT molecular complexity index is 679. The van der Waals surface area contributed by atoms with Crippen molar-refractivity contribution in [2.45, 2.75) is 20.8 Å². The van der Waals surface area contributed by atoms with E-state index in [1.165, 1.54) is 0 Å². The highest BCUT2D eigenvalue weighted by molar-refractivity contribution is 9.10. The van der Waals surface area contributed by atoms with Gasteiger partial charge in [-0.05, 0) is 56.7 Å². The zero-order valence-electron chi connectivity index (χ0n) is 13.2. The Balaban J connectivity index is 2.22. The largest absolute Gasteiger partial charge is 0.507 e. The van der Waals surface area contributed by atoms with Crippen LogP contribution >= 0.6 is 15.9 Å². The second-order valence-corrected chi connectivity index (χ2v) is 5.96. The van der Waals surface area contributed by atoms with Crippen molar-refractivity contribution in [2.75, 3.05) is 18.0 Å². The molecule has 0 aliphatic carbocycles. The number of aryl methyl sites for hydroxylation is 1. The first-order valence-electron chi connectivity index (χ1n) is 7.43. The van der Waals surface area contributed by atoms with Crippen LogP contribution in [-0.2, 0) is 0 Å². The predicted octanol–water partition coefficient (Wildman–Crippen LogP) is 5.06. The molecule has 0 aromatic heterocycles. The zero-order valence-corrected chi connectivity index (χ0v) is 14.8. The van der Waals surface area contributed by atoms with E-state index >= 15 is 0 Å². The summed E-state index contributed by atoms with van der Waals surface area (Å²) in [6, 6.07) is 11.6. The van der Waals surface area contributed by atoms with Crippen LogP contribution in [0.4, 0.5) is 11.4 Å². The molecule has 2 rings (SSSR count). The van der Waals surface area contributed by atoms with E-state index < -0.39 is 0 Å². The second-order valence-electron chi connectivity index (χ2n) is 5.11. The number of aliphatic imine (C=N–C) groups is 1. The summed E-state index contributed by atoms with van der Waals surface area (Å²) in [5, 5.41) is 10.2. The molecular formula is C18H21BrN2O. The zero-order chi connectivity index (χ0) is 16.1. The van der Waals surface area contributed by atoms with E-state index in [0.29, 0.717) is 0 Å². The summed E-state index contributed by atoms with van der Waals surface area (Å²) in [6.45, 7) is 8.07. The average molecular weight is 361 g/mol. The minimum absolute atomic E-state index is 0.252. The topological polar surface area (TPSA) is 35.8 Å². The Morgan fingerprint density at radius 1 is 1.14 bits per heavy atom. The molecule has 0 fully saturated rings. The van der Waals surface area contributed by atoms with Gasteiger partial charge in [-0.3, -0.25) is 4.99 Å². The van der Waals surface area contributed by atoms with Gasteiger partial charge >= 0.3 is 0 Å². The van der Waals surface area contributed by atoms with E-state index in [0.717, 1.165) is 40.1 Å². The molecule has 0 unspecified atom stereocenters. The third-order valence-corrected chi connectivity index (χ3v) is 4.53. The van der Waals surface area contributed by atoms with Crippen LogP contribution in [0.1, 0.15) is 25.0 Å². The number of hydrogen-bond donors (Lipinski definition) is 1. The molecule has 0 saturated heterocycles. The van der Waals surface area contributed by atoms with E-state index in [-0.39, 0.29) is 5.75 Å². The lowest BCUT2D eigenvalue weighted by Gasteiger charge is -2.21. The van der Waals surface area contributed by atoms with Crippen molar-refractivity contribution in [2.24, 2.45) is 4.99 Å². The number of phenols is 1. The molecule has 0 amide bonds. The maximum absolute atomic E-state index is 10.2. The van der Waals surface area contributed by atoms with Gasteiger partial charge in [-0.25, -0.2) is 0 Å². The Morgan fingerprint density at radius 2 is 1.86 bits per heavy atom. The number of halogens is 1. The van der Waals surface area contributed by atoms with E-state index in [1.54, 1.807) is 12.3 Å². The smallest absolute Gasteiger partial charge is 0.126 e. The van der Waals surface area contributed by atoms with Crippen LogP contribution in [0.3, 0.4) is 0 Å². The fourth-order valence-electron chi connectivity index (χ4n) is 2.28. The molecule has 2 aromatic carbocycles. The highest BCUT2D eigenvalue weighted by Gasteiger charge is 2.05. The monoisotopic (exact) mass is 360 g/mol. The van der Waals surface area contributed by atoms with Gasteiger partial charge in [0.25, 0.3) is 0 Å². The van der Waals surface area contributed by atoms with Gasteiger partial charge in [0, 0.05) is 41.1 Å². The quantitative estimate of drug-likeness (QED) is 0.756. The molecule has 0 radical (unpaired) electrons. The number of rotatable bonds is 5. The third-order valence-electron chi connectivity index (χ3n) is 3.64. The Kier molecular flexibility index (Phi) is 5.61. The molecule has 116 valence electrons. The minimum atomic E-state index is 0.252.